The lowest BCUT2D eigenvalue weighted by Crippen LogP contribution is -2.28. The van der Waals surface area contributed by atoms with E-state index in [1.165, 1.54) is 53.2 Å². The summed E-state index contributed by atoms with van der Waals surface area (Å²) in [5, 5.41) is 5.52. The quantitative estimate of drug-likeness (QED) is 0.657. The topological polar surface area (TPSA) is 6.48 Å². The van der Waals surface area contributed by atoms with Crippen molar-refractivity contribution in [2.75, 3.05) is 33.2 Å². The van der Waals surface area contributed by atoms with E-state index in [4.69, 9.17) is 0 Å². The van der Waals surface area contributed by atoms with Crippen molar-refractivity contribution in [3.8, 4) is 0 Å². The van der Waals surface area contributed by atoms with E-state index in [2.05, 4.69) is 71.4 Å². The van der Waals surface area contributed by atoms with E-state index in [-0.39, 0.29) is 0 Å². The van der Waals surface area contributed by atoms with Crippen LogP contribution >= 0.6 is 0 Å². The van der Waals surface area contributed by atoms with Gasteiger partial charge in [-0.1, -0.05) is 48.5 Å². The molecule has 1 aliphatic rings. The number of benzene rings is 3. The maximum atomic E-state index is 2.62. The van der Waals surface area contributed by atoms with E-state index in [9.17, 15) is 0 Å². The Hall–Kier alpha value is -1.90. The van der Waals surface area contributed by atoms with Gasteiger partial charge in [-0.25, -0.2) is 0 Å². The predicted molar refractivity (Wildman–Crippen MR) is 98.8 cm³/mol. The van der Waals surface area contributed by atoms with Crippen LogP contribution in [-0.2, 0) is 6.54 Å². The molecule has 118 valence electrons. The van der Waals surface area contributed by atoms with E-state index < -0.39 is 0 Å². The molecule has 23 heavy (non-hydrogen) atoms. The first-order valence-electron chi connectivity index (χ1n) is 8.61. The van der Waals surface area contributed by atoms with Crippen LogP contribution in [0.1, 0.15) is 12.0 Å². The third kappa shape index (κ3) is 2.97. The second-order valence-corrected chi connectivity index (χ2v) is 6.73. The predicted octanol–water partition coefficient (Wildman–Crippen LogP) is 4.13. The lowest BCUT2D eigenvalue weighted by Gasteiger charge is -2.22. The van der Waals surface area contributed by atoms with Gasteiger partial charge in [0.15, 0.2) is 0 Å². The molecule has 0 amide bonds. The Labute approximate surface area is 138 Å². The van der Waals surface area contributed by atoms with Crippen LogP contribution in [0.4, 0.5) is 0 Å². The van der Waals surface area contributed by atoms with Crippen LogP contribution in [0.3, 0.4) is 0 Å². The largest absolute Gasteiger partial charge is 0.305 e. The second-order valence-electron chi connectivity index (χ2n) is 6.73. The lowest BCUT2D eigenvalue weighted by atomic mass is 9.96. The molecule has 1 heterocycles. The zero-order valence-electron chi connectivity index (χ0n) is 13.8. The van der Waals surface area contributed by atoms with Crippen molar-refractivity contribution in [2.24, 2.45) is 0 Å². The van der Waals surface area contributed by atoms with Crippen molar-refractivity contribution in [1.82, 2.24) is 9.80 Å². The molecule has 0 bridgehead atoms. The molecule has 4 rings (SSSR count). The fourth-order valence-corrected chi connectivity index (χ4v) is 3.76. The molecule has 3 aromatic carbocycles. The minimum absolute atomic E-state index is 1.05. The molecule has 1 fully saturated rings. The summed E-state index contributed by atoms with van der Waals surface area (Å²) in [5.41, 5.74) is 1.49. The standard InChI is InChI=1S/C21H24N2/c1-22-11-6-12-23(14-13-22)16-21-19-9-4-2-7-17(19)15-18-8-3-5-10-20(18)21/h2-5,7-10,15H,6,11-14,16H2,1H3. The van der Waals surface area contributed by atoms with Gasteiger partial charge in [0.25, 0.3) is 0 Å². The maximum Gasteiger partial charge on any atom is 0.0246 e. The zero-order chi connectivity index (χ0) is 15.6. The molecule has 0 radical (unpaired) electrons. The van der Waals surface area contributed by atoms with Crippen molar-refractivity contribution >= 4 is 21.5 Å². The molecule has 0 aromatic heterocycles. The fourth-order valence-electron chi connectivity index (χ4n) is 3.76. The Bertz CT molecular complexity index is 770. The van der Waals surface area contributed by atoms with Crippen LogP contribution in [0.2, 0.25) is 0 Å². The van der Waals surface area contributed by atoms with Gasteiger partial charge in [0, 0.05) is 19.6 Å². The molecule has 0 saturated carbocycles. The first-order valence-corrected chi connectivity index (χ1v) is 8.61. The minimum Gasteiger partial charge on any atom is -0.305 e. The summed E-state index contributed by atoms with van der Waals surface area (Å²) in [4.78, 5) is 5.07. The van der Waals surface area contributed by atoms with Gasteiger partial charge in [0.2, 0.25) is 0 Å². The second kappa shape index (κ2) is 6.31. The molecule has 0 N–H and O–H groups in total. The monoisotopic (exact) mass is 304 g/mol. The average molecular weight is 304 g/mol. The van der Waals surface area contributed by atoms with E-state index in [0.717, 1.165) is 13.1 Å². The van der Waals surface area contributed by atoms with Gasteiger partial charge in [-0.3, -0.25) is 4.90 Å². The number of nitrogens with zero attached hydrogens (tertiary/aromatic N) is 2. The molecule has 0 aliphatic carbocycles. The third-order valence-corrected chi connectivity index (χ3v) is 5.08. The van der Waals surface area contributed by atoms with Crippen LogP contribution in [0.15, 0.2) is 54.6 Å². The Morgan fingerprint density at radius 1 is 0.783 bits per heavy atom. The summed E-state index contributed by atoms with van der Waals surface area (Å²) in [7, 11) is 2.23. The molecule has 1 saturated heterocycles. The van der Waals surface area contributed by atoms with E-state index in [1.807, 2.05) is 0 Å². The molecule has 0 spiro atoms. The summed E-state index contributed by atoms with van der Waals surface area (Å²) in [5.74, 6) is 0. The highest BCUT2D eigenvalue weighted by molar-refractivity contribution is 6.02. The molecule has 0 atom stereocenters. The summed E-state index contributed by atoms with van der Waals surface area (Å²) < 4.78 is 0. The van der Waals surface area contributed by atoms with Crippen molar-refractivity contribution in [3.05, 3.63) is 60.2 Å². The van der Waals surface area contributed by atoms with Gasteiger partial charge in [-0.15, -0.1) is 0 Å². The smallest absolute Gasteiger partial charge is 0.0246 e. The molecule has 1 aliphatic heterocycles. The SMILES string of the molecule is CN1CCCN(Cc2c3ccccc3cc3ccccc23)CC1. The Morgan fingerprint density at radius 3 is 2.13 bits per heavy atom. The van der Waals surface area contributed by atoms with Crippen LogP contribution in [0.25, 0.3) is 21.5 Å². The summed E-state index contributed by atoms with van der Waals surface area (Å²) in [6, 6.07) is 20.0. The van der Waals surface area contributed by atoms with E-state index >= 15 is 0 Å². The maximum absolute atomic E-state index is 2.62. The normalized spacial score (nSPS) is 17.6. The first-order chi connectivity index (χ1) is 11.3. The highest BCUT2D eigenvalue weighted by Crippen LogP contribution is 2.29. The fraction of sp³-hybridized carbons (Fsp3) is 0.333. The number of rotatable bonds is 2. The molecular formula is C21H24N2. The number of likely N-dealkylation sites (N-methyl/N-ethyl adjacent to an activating group) is 1. The van der Waals surface area contributed by atoms with Crippen LogP contribution in [-0.4, -0.2) is 43.0 Å². The van der Waals surface area contributed by atoms with Crippen molar-refractivity contribution in [2.45, 2.75) is 13.0 Å². The Balaban J connectivity index is 1.79. The number of hydrogen-bond acceptors (Lipinski definition) is 2. The molecule has 2 nitrogen and oxygen atoms in total. The van der Waals surface area contributed by atoms with Gasteiger partial charge in [-0.2, -0.15) is 0 Å². The molecular weight excluding hydrogens is 280 g/mol. The van der Waals surface area contributed by atoms with Crippen molar-refractivity contribution in [1.29, 1.82) is 0 Å². The molecule has 3 aromatic rings. The van der Waals surface area contributed by atoms with Gasteiger partial charge in [-0.05, 0) is 59.7 Å². The summed E-state index contributed by atoms with van der Waals surface area (Å²) in [6.07, 6.45) is 1.26. The van der Waals surface area contributed by atoms with Gasteiger partial charge >= 0.3 is 0 Å². The molecule has 2 heteroatoms. The number of fused-ring (bicyclic) bond motifs is 2. The lowest BCUT2D eigenvalue weighted by molar-refractivity contribution is 0.271. The Kier molecular flexibility index (Phi) is 4.02. The van der Waals surface area contributed by atoms with Crippen molar-refractivity contribution < 1.29 is 0 Å². The Morgan fingerprint density at radius 2 is 1.43 bits per heavy atom. The van der Waals surface area contributed by atoms with E-state index in [0.29, 0.717) is 0 Å². The zero-order valence-corrected chi connectivity index (χ0v) is 13.8. The highest BCUT2D eigenvalue weighted by atomic mass is 15.2. The average Bonchev–Trinajstić information content (AvgIpc) is 2.79. The number of hydrogen-bond donors (Lipinski definition) is 0. The van der Waals surface area contributed by atoms with Gasteiger partial charge < -0.3 is 4.90 Å². The van der Waals surface area contributed by atoms with Gasteiger partial charge in [0.1, 0.15) is 0 Å². The summed E-state index contributed by atoms with van der Waals surface area (Å²) >= 11 is 0. The third-order valence-electron chi connectivity index (χ3n) is 5.08. The van der Waals surface area contributed by atoms with Crippen LogP contribution < -0.4 is 0 Å². The summed E-state index contributed by atoms with van der Waals surface area (Å²) in [6.45, 7) is 5.79. The van der Waals surface area contributed by atoms with Gasteiger partial charge in [0.05, 0.1) is 0 Å². The van der Waals surface area contributed by atoms with Crippen LogP contribution in [0, 0.1) is 0 Å². The van der Waals surface area contributed by atoms with Crippen molar-refractivity contribution in [3.63, 3.8) is 0 Å². The van der Waals surface area contributed by atoms with E-state index in [1.54, 1.807) is 0 Å². The van der Waals surface area contributed by atoms with Crippen LogP contribution in [0.5, 0.6) is 0 Å². The highest BCUT2D eigenvalue weighted by Gasteiger charge is 2.15. The minimum atomic E-state index is 1.05. The molecule has 0 unspecified atom stereocenters. The first kappa shape index (κ1) is 14.7.